The molecule has 0 amide bonds. The molecule has 1 aliphatic rings. The second kappa shape index (κ2) is 4.06. The minimum Gasteiger partial charge on any atom is -0.314 e. The van der Waals surface area contributed by atoms with E-state index in [9.17, 15) is 0 Å². The second-order valence-electron chi connectivity index (χ2n) is 3.87. The Kier molecular flexibility index (Phi) is 2.79. The molecule has 1 aliphatic heterocycles. The third-order valence-corrected chi connectivity index (χ3v) is 2.81. The number of aromatic nitrogens is 3. The van der Waals surface area contributed by atoms with Gasteiger partial charge in [0.15, 0.2) is 0 Å². The van der Waals surface area contributed by atoms with Crippen molar-refractivity contribution in [2.45, 2.75) is 19.5 Å². The van der Waals surface area contributed by atoms with Crippen LogP contribution in [0, 0.1) is 0 Å². The highest BCUT2D eigenvalue weighted by atomic mass is 15.4. The lowest BCUT2D eigenvalue weighted by molar-refractivity contribution is 0.162. The molecular formula is C9H17N5. The number of aryl methyl sites for hydroxylation is 1. The summed E-state index contributed by atoms with van der Waals surface area (Å²) < 4.78 is 1.84. The SMILES string of the molecule is CC1CNCCN1Cc1cnnn1C. The van der Waals surface area contributed by atoms with Crippen molar-refractivity contribution in [1.29, 1.82) is 0 Å². The average molecular weight is 195 g/mol. The van der Waals surface area contributed by atoms with E-state index in [0.717, 1.165) is 26.2 Å². The Balaban J connectivity index is 1.99. The first-order valence-corrected chi connectivity index (χ1v) is 5.05. The van der Waals surface area contributed by atoms with Crippen molar-refractivity contribution in [3.8, 4) is 0 Å². The van der Waals surface area contributed by atoms with Gasteiger partial charge in [-0.05, 0) is 6.92 Å². The summed E-state index contributed by atoms with van der Waals surface area (Å²) in [6.07, 6.45) is 1.84. The summed E-state index contributed by atoms with van der Waals surface area (Å²) >= 11 is 0. The number of nitrogens with zero attached hydrogens (tertiary/aromatic N) is 4. The quantitative estimate of drug-likeness (QED) is 0.698. The third kappa shape index (κ3) is 1.93. The largest absolute Gasteiger partial charge is 0.314 e. The Morgan fingerprint density at radius 3 is 3.14 bits per heavy atom. The van der Waals surface area contributed by atoms with Crippen LogP contribution in [0.2, 0.25) is 0 Å². The minimum absolute atomic E-state index is 0.596. The molecule has 0 radical (unpaired) electrons. The van der Waals surface area contributed by atoms with E-state index in [2.05, 4.69) is 27.5 Å². The van der Waals surface area contributed by atoms with Gasteiger partial charge in [0.2, 0.25) is 0 Å². The molecule has 0 saturated carbocycles. The molecule has 5 nitrogen and oxygen atoms in total. The van der Waals surface area contributed by atoms with E-state index in [1.807, 2.05) is 17.9 Å². The molecule has 1 aromatic heterocycles. The molecule has 1 saturated heterocycles. The van der Waals surface area contributed by atoms with Crippen LogP contribution in [-0.2, 0) is 13.6 Å². The zero-order valence-corrected chi connectivity index (χ0v) is 8.77. The summed E-state index contributed by atoms with van der Waals surface area (Å²) in [4.78, 5) is 2.45. The van der Waals surface area contributed by atoms with Crippen molar-refractivity contribution in [2.24, 2.45) is 7.05 Å². The topological polar surface area (TPSA) is 46.0 Å². The standard InChI is InChI=1S/C9H17N5/c1-8-5-10-3-4-14(8)7-9-6-11-12-13(9)2/h6,8,10H,3-5,7H2,1-2H3. The van der Waals surface area contributed by atoms with Crippen LogP contribution in [0.5, 0.6) is 0 Å². The van der Waals surface area contributed by atoms with Gasteiger partial charge in [0.1, 0.15) is 0 Å². The Labute approximate surface area is 84.1 Å². The van der Waals surface area contributed by atoms with Crippen LogP contribution in [0.15, 0.2) is 6.20 Å². The van der Waals surface area contributed by atoms with Crippen LogP contribution < -0.4 is 5.32 Å². The molecule has 1 unspecified atom stereocenters. The average Bonchev–Trinajstić information content (AvgIpc) is 2.56. The third-order valence-electron chi connectivity index (χ3n) is 2.81. The fourth-order valence-corrected chi connectivity index (χ4v) is 1.78. The summed E-state index contributed by atoms with van der Waals surface area (Å²) in [5.41, 5.74) is 1.18. The Morgan fingerprint density at radius 2 is 2.50 bits per heavy atom. The van der Waals surface area contributed by atoms with Crippen molar-refractivity contribution in [3.05, 3.63) is 11.9 Å². The second-order valence-corrected chi connectivity index (χ2v) is 3.87. The zero-order valence-electron chi connectivity index (χ0n) is 8.77. The molecular weight excluding hydrogens is 178 g/mol. The molecule has 1 aromatic rings. The number of hydrogen-bond acceptors (Lipinski definition) is 4. The number of rotatable bonds is 2. The monoisotopic (exact) mass is 195 g/mol. The van der Waals surface area contributed by atoms with Gasteiger partial charge in [-0.3, -0.25) is 9.58 Å². The molecule has 2 rings (SSSR count). The Hall–Kier alpha value is -0.940. The summed E-state index contributed by atoms with van der Waals surface area (Å²) in [5, 5.41) is 11.2. The van der Waals surface area contributed by atoms with Crippen molar-refractivity contribution in [3.63, 3.8) is 0 Å². The maximum atomic E-state index is 3.93. The number of nitrogens with one attached hydrogen (secondary N) is 1. The first kappa shape index (κ1) is 9.61. The lowest BCUT2D eigenvalue weighted by Gasteiger charge is -2.33. The lowest BCUT2D eigenvalue weighted by atomic mass is 10.2. The van der Waals surface area contributed by atoms with Gasteiger partial charge >= 0.3 is 0 Å². The highest BCUT2D eigenvalue weighted by molar-refractivity contribution is 4.94. The van der Waals surface area contributed by atoms with Gasteiger partial charge in [0, 0.05) is 39.3 Å². The Bertz CT molecular complexity index is 295. The smallest absolute Gasteiger partial charge is 0.0738 e. The maximum Gasteiger partial charge on any atom is 0.0738 e. The molecule has 0 spiro atoms. The molecule has 0 aliphatic carbocycles. The van der Waals surface area contributed by atoms with Crippen LogP contribution in [0.4, 0.5) is 0 Å². The summed E-state index contributed by atoms with van der Waals surface area (Å²) in [6.45, 7) is 6.45. The number of hydrogen-bond donors (Lipinski definition) is 1. The highest BCUT2D eigenvalue weighted by Crippen LogP contribution is 2.07. The van der Waals surface area contributed by atoms with Crippen molar-refractivity contribution in [1.82, 2.24) is 25.2 Å². The van der Waals surface area contributed by atoms with Gasteiger partial charge < -0.3 is 5.32 Å². The van der Waals surface area contributed by atoms with Gasteiger partial charge in [0.05, 0.1) is 11.9 Å². The maximum absolute atomic E-state index is 3.93. The minimum atomic E-state index is 0.596. The molecule has 0 aromatic carbocycles. The van der Waals surface area contributed by atoms with Gasteiger partial charge in [-0.2, -0.15) is 0 Å². The van der Waals surface area contributed by atoms with Crippen molar-refractivity contribution in [2.75, 3.05) is 19.6 Å². The van der Waals surface area contributed by atoms with Crippen LogP contribution in [0.3, 0.4) is 0 Å². The fourth-order valence-electron chi connectivity index (χ4n) is 1.78. The van der Waals surface area contributed by atoms with E-state index in [4.69, 9.17) is 0 Å². The molecule has 0 bridgehead atoms. The summed E-state index contributed by atoms with van der Waals surface area (Å²) in [7, 11) is 1.94. The van der Waals surface area contributed by atoms with E-state index in [1.165, 1.54) is 5.69 Å². The molecule has 78 valence electrons. The first-order chi connectivity index (χ1) is 6.77. The zero-order chi connectivity index (χ0) is 9.97. The fraction of sp³-hybridized carbons (Fsp3) is 0.778. The Morgan fingerprint density at radius 1 is 1.64 bits per heavy atom. The molecule has 2 heterocycles. The van der Waals surface area contributed by atoms with E-state index in [-0.39, 0.29) is 0 Å². The molecule has 1 fully saturated rings. The van der Waals surface area contributed by atoms with Crippen LogP contribution >= 0.6 is 0 Å². The summed E-state index contributed by atoms with van der Waals surface area (Å²) in [5.74, 6) is 0. The van der Waals surface area contributed by atoms with E-state index >= 15 is 0 Å². The molecule has 1 N–H and O–H groups in total. The van der Waals surface area contributed by atoms with E-state index in [0.29, 0.717) is 6.04 Å². The summed E-state index contributed by atoms with van der Waals surface area (Å²) in [6, 6.07) is 0.596. The van der Waals surface area contributed by atoms with Gasteiger partial charge in [-0.1, -0.05) is 5.21 Å². The first-order valence-electron chi connectivity index (χ1n) is 5.05. The molecule has 1 atom stereocenters. The highest BCUT2D eigenvalue weighted by Gasteiger charge is 2.18. The van der Waals surface area contributed by atoms with Crippen LogP contribution in [0.1, 0.15) is 12.6 Å². The van der Waals surface area contributed by atoms with Crippen molar-refractivity contribution >= 4 is 0 Å². The number of piperazine rings is 1. The van der Waals surface area contributed by atoms with Gasteiger partial charge in [0.25, 0.3) is 0 Å². The normalized spacial score (nSPS) is 24.0. The van der Waals surface area contributed by atoms with E-state index in [1.54, 1.807) is 0 Å². The van der Waals surface area contributed by atoms with Crippen LogP contribution in [0.25, 0.3) is 0 Å². The molecule has 14 heavy (non-hydrogen) atoms. The van der Waals surface area contributed by atoms with E-state index < -0.39 is 0 Å². The molecule has 5 heteroatoms. The van der Waals surface area contributed by atoms with Gasteiger partial charge in [-0.15, -0.1) is 5.10 Å². The predicted molar refractivity (Wildman–Crippen MR) is 53.7 cm³/mol. The van der Waals surface area contributed by atoms with Gasteiger partial charge in [-0.25, -0.2) is 0 Å². The van der Waals surface area contributed by atoms with Crippen molar-refractivity contribution < 1.29 is 0 Å². The predicted octanol–water partition coefficient (Wildman–Crippen LogP) is -0.391. The lowest BCUT2D eigenvalue weighted by Crippen LogP contribution is -2.49. The van der Waals surface area contributed by atoms with Crippen LogP contribution in [-0.4, -0.2) is 45.6 Å².